The van der Waals surface area contributed by atoms with Crippen LogP contribution in [0.1, 0.15) is 36.0 Å². The maximum absolute atomic E-state index is 15.4. The fourth-order valence-corrected chi connectivity index (χ4v) is 5.87. The molecular weight excluding hydrogens is 534 g/mol. The van der Waals surface area contributed by atoms with Gasteiger partial charge in [0.15, 0.2) is 11.6 Å². The Labute approximate surface area is 236 Å². The molecular formula is C30H32F2N4O5. The number of fused-ring (bicyclic) bond motifs is 1. The Morgan fingerprint density at radius 2 is 1.71 bits per heavy atom. The molecule has 1 aliphatic heterocycles. The van der Waals surface area contributed by atoms with Crippen LogP contribution in [0.4, 0.5) is 19.4 Å². The Bertz CT molecular complexity index is 1450. The van der Waals surface area contributed by atoms with Gasteiger partial charge in [0.25, 0.3) is 5.91 Å². The smallest absolute Gasteiger partial charge is 0.315 e. The molecule has 0 saturated carbocycles. The van der Waals surface area contributed by atoms with E-state index in [9.17, 15) is 9.59 Å². The molecule has 1 fully saturated rings. The fraction of sp³-hybridized carbons (Fsp3) is 0.367. The van der Waals surface area contributed by atoms with E-state index in [4.69, 9.17) is 14.2 Å². The highest BCUT2D eigenvalue weighted by molar-refractivity contribution is 6.03. The number of hydrogen-bond acceptors (Lipinski definition) is 6. The lowest BCUT2D eigenvalue weighted by atomic mass is 9.87. The number of anilines is 1. The molecule has 216 valence electrons. The lowest BCUT2D eigenvalue weighted by Crippen LogP contribution is -2.51. The minimum absolute atomic E-state index is 0.00132. The van der Waals surface area contributed by atoms with Gasteiger partial charge in [0.05, 0.1) is 21.3 Å². The minimum atomic E-state index is -1.28. The van der Waals surface area contributed by atoms with Crippen LogP contribution in [0, 0.1) is 11.6 Å². The Morgan fingerprint density at radius 3 is 2.39 bits per heavy atom. The van der Waals surface area contributed by atoms with Gasteiger partial charge in [0, 0.05) is 41.9 Å². The van der Waals surface area contributed by atoms with Crippen molar-refractivity contribution in [3.63, 3.8) is 0 Å². The van der Waals surface area contributed by atoms with Gasteiger partial charge < -0.3 is 24.8 Å². The first-order valence-corrected chi connectivity index (χ1v) is 13.3. The van der Waals surface area contributed by atoms with Crippen LogP contribution in [0.2, 0.25) is 0 Å². The molecule has 5 rings (SSSR count). The quantitative estimate of drug-likeness (QED) is 0.446. The molecule has 9 nitrogen and oxygen atoms in total. The van der Waals surface area contributed by atoms with Gasteiger partial charge >= 0.3 is 6.03 Å². The summed E-state index contributed by atoms with van der Waals surface area (Å²) in [4.78, 5) is 32.8. The largest absolute Gasteiger partial charge is 0.497 e. The number of halogens is 2. The first-order chi connectivity index (χ1) is 19.7. The van der Waals surface area contributed by atoms with Crippen molar-refractivity contribution in [1.29, 1.82) is 0 Å². The summed E-state index contributed by atoms with van der Waals surface area (Å²) in [5.41, 5.74) is 1.93. The molecule has 2 N–H and O–H groups in total. The molecule has 1 saturated heterocycles. The third-order valence-electron chi connectivity index (χ3n) is 7.87. The monoisotopic (exact) mass is 566 g/mol. The maximum Gasteiger partial charge on any atom is 0.315 e. The highest BCUT2D eigenvalue weighted by Gasteiger charge is 2.51. The van der Waals surface area contributed by atoms with Gasteiger partial charge in [-0.1, -0.05) is 6.07 Å². The van der Waals surface area contributed by atoms with Crippen molar-refractivity contribution in [1.82, 2.24) is 15.6 Å². The van der Waals surface area contributed by atoms with Crippen molar-refractivity contribution in [2.45, 2.75) is 50.2 Å². The van der Waals surface area contributed by atoms with Crippen LogP contribution in [0.25, 0.3) is 0 Å². The second-order valence-corrected chi connectivity index (χ2v) is 10.2. The normalized spacial score (nSPS) is 21.7. The molecule has 2 aliphatic rings. The molecule has 3 amide bonds. The zero-order valence-corrected chi connectivity index (χ0v) is 23.2. The van der Waals surface area contributed by atoms with Crippen molar-refractivity contribution in [2.24, 2.45) is 0 Å². The van der Waals surface area contributed by atoms with Crippen molar-refractivity contribution in [2.75, 3.05) is 26.2 Å². The predicted octanol–water partition coefficient (Wildman–Crippen LogP) is 4.13. The number of aryl methyl sites for hydroxylation is 1. The van der Waals surface area contributed by atoms with E-state index >= 15 is 8.78 Å². The van der Waals surface area contributed by atoms with E-state index in [-0.39, 0.29) is 23.2 Å². The molecule has 4 atom stereocenters. The van der Waals surface area contributed by atoms with Crippen molar-refractivity contribution in [3.05, 3.63) is 77.0 Å². The number of benzene rings is 2. The van der Waals surface area contributed by atoms with E-state index in [1.54, 1.807) is 26.2 Å². The summed E-state index contributed by atoms with van der Waals surface area (Å²) in [6.45, 7) is 1.66. The van der Waals surface area contributed by atoms with Gasteiger partial charge in [-0.3, -0.25) is 9.69 Å². The summed E-state index contributed by atoms with van der Waals surface area (Å²) in [5, 5.41) is 5.67. The van der Waals surface area contributed by atoms with E-state index in [0.29, 0.717) is 18.6 Å². The maximum atomic E-state index is 15.4. The number of carbonyl (C=O) groups is 2. The standard InChI is InChI=1S/C30H32F2N4O5/c1-16-25(26-22(31)14-21(40-3)15-23(26)32)27(29(37)36(16)28-24(41-4)6-5-11-33-28)35-30(38)34-19-9-7-18-13-20(39-2)10-8-17(18)12-19/h5-6,8,10-11,13-16,19,25,27H,7,9,12H2,1-4H3,(H2,34,35,38)/t16-,19?,25-,27-/m0/s1. The molecule has 0 bridgehead atoms. The molecule has 1 unspecified atom stereocenters. The molecule has 41 heavy (non-hydrogen) atoms. The second kappa shape index (κ2) is 11.6. The third kappa shape index (κ3) is 5.36. The second-order valence-electron chi connectivity index (χ2n) is 10.2. The Kier molecular flexibility index (Phi) is 7.96. The molecule has 11 heteroatoms. The fourth-order valence-electron chi connectivity index (χ4n) is 5.87. The summed E-state index contributed by atoms with van der Waals surface area (Å²) in [5.74, 6) is -2.13. The first-order valence-electron chi connectivity index (χ1n) is 13.3. The summed E-state index contributed by atoms with van der Waals surface area (Å²) in [7, 11) is 4.36. The Morgan fingerprint density at radius 1 is 0.976 bits per heavy atom. The first kappa shape index (κ1) is 28.1. The number of carbonyl (C=O) groups excluding carboxylic acids is 2. The molecule has 0 radical (unpaired) electrons. The van der Waals surface area contributed by atoms with Crippen molar-refractivity contribution < 1.29 is 32.6 Å². The highest BCUT2D eigenvalue weighted by Crippen LogP contribution is 2.42. The average molecular weight is 567 g/mol. The lowest BCUT2D eigenvalue weighted by molar-refractivity contribution is -0.118. The highest BCUT2D eigenvalue weighted by atomic mass is 19.1. The van der Waals surface area contributed by atoms with E-state index in [2.05, 4.69) is 15.6 Å². The van der Waals surface area contributed by atoms with Gasteiger partial charge in [-0.15, -0.1) is 0 Å². The average Bonchev–Trinajstić information content (AvgIpc) is 3.20. The number of nitrogens with one attached hydrogen (secondary N) is 2. The van der Waals surface area contributed by atoms with Crippen LogP contribution < -0.4 is 29.7 Å². The number of rotatable bonds is 7. The summed E-state index contributed by atoms with van der Waals surface area (Å²) in [6.07, 6.45) is 3.52. The van der Waals surface area contributed by atoms with Gasteiger partial charge in [0.2, 0.25) is 0 Å². The van der Waals surface area contributed by atoms with Gasteiger partial charge in [-0.25, -0.2) is 18.6 Å². The summed E-state index contributed by atoms with van der Waals surface area (Å²) >= 11 is 0. The SMILES string of the molecule is COc1cc(F)c([C@H]2[C@H](NC(=O)NC3CCc4cc(OC)ccc4C3)C(=O)N(c3ncccc3OC)[C@H]2C)c(F)c1. The van der Waals surface area contributed by atoms with E-state index in [0.717, 1.165) is 35.4 Å². The molecule has 3 aromatic rings. The van der Waals surface area contributed by atoms with Crippen LogP contribution in [0.15, 0.2) is 48.7 Å². The van der Waals surface area contributed by atoms with Gasteiger partial charge in [-0.2, -0.15) is 0 Å². The molecule has 0 spiro atoms. The van der Waals surface area contributed by atoms with Crippen molar-refractivity contribution in [3.8, 4) is 17.2 Å². The van der Waals surface area contributed by atoms with Crippen LogP contribution in [-0.4, -0.2) is 56.4 Å². The number of ether oxygens (including phenoxy) is 3. The topological polar surface area (TPSA) is 102 Å². The lowest BCUT2D eigenvalue weighted by Gasteiger charge is -2.28. The van der Waals surface area contributed by atoms with E-state index < -0.39 is 41.6 Å². The number of hydrogen-bond donors (Lipinski definition) is 2. The number of aromatic nitrogens is 1. The molecule has 1 aliphatic carbocycles. The minimum Gasteiger partial charge on any atom is -0.497 e. The van der Waals surface area contributed by atoms with Crippen molar-refractivity contribution >= 4 is 17.8 Å². The zero-order valence-electron chi connectivity index (χ0n) is 23.2. The van der Waals surface area contributed by atoms with Gasteiger partial charge in [-0.05, 0) is 61.6 Å². The number of nitrogens with zero attached hydrogens (tertiary/aromatic N) is 2. The van der Waals surface area contributed by atoms with Crippen LogP contribution in [0.3, 0.4) is 0 Å². The molecule has 1 aromatic heterocycles. The van der Waals surface area contributed by atoms with E-state index in [1.165, 1.54) is 25.3 Å². The van der Waals surface area contributed by atoms with Crippen LogP contribution >= 0.6 is 0 Å². The predicted molar refractivity (Wildman–Crippen MR) is 148 cm³/mol. The summed E-state index contributed by atoms with van der Waals surface area (Å²) < 4.78 is 46.5. The number of amides is 3. The summed E-state index contributed by atoms with van der Waals surface area (Å²) in [6, 6.07) is 8.39. The van der Waals surface area contributed by atoms with Gasteiger partial charge in [0.1, 0.15) is 29.2 Å². The van der Waals surface area contributed by atoms with E-state index in [1.807, 2.05) is 18.2 Å². The van der Waals surface area contributed by atoms with Crippen LogP contribution in [0.5, 0.6) is 17.2 Å². The number of urea groups is 1. The molecule has 2 heterocycles. The Balaban J connectivity index is 1.43. The molecule has 2 aromatic carbocycles. The number of pyridine rings is 1. The Hall–Kier alpha value is -4.41. The third-order valence-corrected chi connectivity index (χ3v) is 7.87. The van der Waals surface area contributed by atoms with Crippen LogP contribution in [-0.2, 0) is 17.6 Å². The zero-order chi connectivity index (χ0) is 29.3. The number of methoxy groups -OCH3 is 3.